The third kappa shape index (κ3) is 27.2. The zero-order chi connectivity index (χ0) is 21.3. The van der Waals surface area contributed by atoms with Gasteiger partial charge in [-0.05, 0) is 32.1 Å². The number of hydrogen-bond donors (Lipinski definition) is 1. The number of unbranched alkanes of at least 4 members (excludes halogenated alkanes) is 20. The van der Waals surface area contributed by atoms with Gasteiger partial charge in [0.2, 0.25) is 0 Å². The molecule has 0 radical (unpaired) electrons. The standard InChI is InChI=1S/C27H52O2/c1-2-3-4-5-6-7-8-9-10-11-12-13-14-15-16-17-18-19-20-21-22-23-24-25-26-27(28)29/h8-9H,2-7,10-26H2,1H3,(H,28,29)/b9-8-. The summed E-state index contributed by atoms with van der Waals surface area (Å²) < 4.78 is 0. The highest BCUT2D eigenvalue weighted by atomic mass is 16.4. The van der Waals surface area contributed by atoms with Gasteiger partial charge in [-0.2, -0.15) is 0 Å². The van der Waals surface area contributed by atoms with Crippen molar-refractivity contribution in [3.63, 3.8) is 0 Å². The van der Waals surface area contributed by atoms with E-state index in [1.165, 1.54) is 128 Å². The lowest BCUT2D eigenvalue weighted by Gasteiger charge is -2.03. The zero-order valence-electron chi connectivity index (χ0n) is 19.8. The minimum absolute atomic E-state index is 0.344. The third-order valence-electron chi connectivity index (χ3n) is 5.90. The van der Waals surface area contributed by atoms with Crippen molar-refractivity contribution in [3.8, 4) is 0 Å². The maximum Gasteiger partial charge on any atom is 0.303 e. The Bertz CT molecular complexity index is 348. The van der Waals surface area contributed by atoms with Crippen LogP contribution >= 0.6 is 0 Å². The summed E-state index contributed by atoms with van der Waals surface area (Å²) in [5, 5.41) is 8.59. The van der Waals surface area contributed by atoms with Crippen LogP contribution in [-0.4, -0.2) is 11.1 Å². The van der Waals surface area contributed by atoms with Crippen LogP contribution in [0.1, 0.15) is 155 Å². The third-order valence-corrected chi connectivity index (χ3v) is 5.90. The SMILES string of the molecule is CCCCCCC/C=C\CCCCCCCCCCCCCCCCCC(=O)O. The zero-order valence-corrected chi connectivity index (χ0v) is 19.8. The van der Waals surface area contributed by atoms with Crippen LogP contribution in [0.3, 0.4) is 0 Å². The van der Waals surface area contributed by atoms with Crippen LogP contribution in [0.4, 0.5) is 0 Å². The average molecular weight is 409 g/mol. The van der Waals surface area contributed by atoms with E-state index in [9.17, 15) is 4.79 Å². The van der Waals surface area contributed by atoms with Gasteiger partial charge in [-0.1, -0.05) is 128 Å². The number of carboxylic acids is 1. The molecule has 2 nitrogen and oxygen atoms in total. The molecule has 0 rings (SSSR count). The Morgan fingerprint density at radius 2 is 0.828 bits per heavy atom. The Labute approximate surface area is 182 Å². The first kappa shape index (κ1) is 28.2. The van der Waals surface area contributed by atoms with Gasteiger partial charge in [0.25, 0.3) is 0 Å². The van der Waals surface area contributed by atoms with E-state index in [-0.39, 0.29) is 0 Å². The molecule has 0 amide bonds. The summed E-state index contributed by atoms with van der Waals surface area (Å²) in [6.45, 7) is 2.28. The van der Waals surface area contributed by atoms with Gasteiger partial charge < -0.3 is 5.11 Å². The summed E-state index contributed by atoms with van der Waals surface area (Å²) >= 11 is 0. The molecule has 0 atom stereocenters. The second-order valence-electron chi connectivity index (χ2n) is 8.91. The first-order valence-electron chi connectivity index (χ1n) is 13.1. The van der Waals surface area contributed by atoms with Crippen molar-refractivity contribution in [2.45, 2.75) is 155 Å². The largest absolute Gasteiger partial charge is 0.481 e. The van der Waals surface area contributed by atoms with Gasteiger partial charge in [0, 0.05) is 6.42 Å². The van der Waals surface area contributed by atoms with Gasteiger partial charge in [0.05, 0.1) is 0 Å². The highest BCUT2D eigenvalue weighted by Crippen LogP contribution is 2.14. The Balaban J connectivity index is 3.05. The maximum atomic E-state index is 10.4. The van der Waals surface area contributed by atoms with Gasteiger partial charge in [-0.25, -0.2) is 0 Å². The smallest absolute Gasteiger partial charge is 0.303 e. The van der Waals surface area contributed by atoms with Gasteiger partial charge in [-0.3, -0.25) is 4.79 Å². The molecular weight excluding hydrogens is 356 g/mol. The molecule has 0 fully saturated rings. The monoisotopic (exact) mass is 408 g/mol. The van der Waals surface area contributed by atoms with Crippen molar-refractivity contribution < 1.29 is 9.90 Å². The van der Waals surface area contributed by atoms with Crippen LogP contribution in [0.25, 0.3) is 0 Å². The summed E-state index contributed by atoms with van der Waals surface area (Å²) in [6.07, 6.45) is 34.5. The van der Waals surface area contributed by atoms with Gasteiger partial charge in [0.1, 0.15) is 0 Å². The van der Waals surface area contributed by atoms with Gasteiger partial charge >= 0.3 is 5.97 Å². The summed E-state index contributed by atoms with van der Waals surface area (Å²) in [5.74, 6) is -0.652. The number of carboxylic acid groups (broad SMARTS) is 1. The lowest BCUT2D eigenvalue weighted by molar-refractivity contribution is -0.137. The number of rotatable bonds is 24. The molecule has 0 aromatic rings. The van der Waals surface area contributed by atoms with Crippen molar-refractivity contribution in [3.05, 3.63) is 12.2 Å². The molecule has 0 aliphatic carbocycles. The summed E-state index contributed by atoms with van der Waals surface area (Å²) in [6, 6.07) is 0. The molecule has 0 spiro atoms. The molecule has 172 valence electrons. The Kier molecular flexibility index (Phi) is 24.6. The highest BCUT2D eigenvalue weighted by molar-refractivity contribution is 5.66. The second-order valence-corrected chi connectivity index (χ2v) is 8.91. The van der Waals surface area contributed by atoms with E-state index in [4.69, 9.17) is 5.11 Å². The second kappa shape index (κ2) is 25.2. The molecule has 0 aliphatic rings. The quantitative estimate of drug-likeness (QED) is 0.127. The van der Waals surface area contributed by atoms with E-state index in [2.05, 4.69) is 19.1 Å². The molecule has 0 aromatic heterocycles. The predicted octanol–water partition coefficient (Wildman–Crippen LogP) is 9.62. The normalized spacial score (nSPS) is 11.5. The molecule has 0 saturated carbocycles. The highest BCUT2D eigenvalue weighted by Gasteiger charge is 1.97. The molecule has 0 bridgehead atoms. The number of carbonyl (C=O) groups is 1. The minimum atomic E-state index is -0.652. The molecule has 0 saturated heterocycles. The van der Waals surface area contributed by atoms with Crippen molar-refractivity contribution in [2.75, 3.05) is 0 Å². The Morgan fingerprint density at radius 3 is 1.17 bits per heavy atom. The molecule has 29 heavy (non-hydrogen) atoms. The van der Waals surface area contributed by atoms with E-state index < -0.39 is 5.97 Å². The lowest BCUT2D eigenvalue weighted by Crippen LogP contribution is -1.93. The average Bonchev–Trinajstić information content (AvgIpc) is 2.71. The Hall–Kier alpha value is -0.790. The predicted molar refractivity (Wildman–Crippen MR) is 129 cm³/mol. The van der Waals surface area contributed by atoms with Crippen LogP contribution in [0.5, 0.6) is 0 Å². The molecule has 0 aromatic carbocycles. The number of aliphatic carboxylic acids is 1. The summed E-state index contributed by atoms with van der Waals surface area (Å²) in [7, 11) is 0. The molecule has 0 heterocycles. The fourth-order valence-corrected chi connectivity index (χ4v) is 3.94. The summed E-state index contributed by atoms with van der Waals surface area (Å²) in [4.78, 5) is 10.4. The van der Waals surface area contributed by atoms with Crippen molar-refractivity contribution >= 4 is 5.97 Å². The van der Waals surface area contributed by atoms with Crippen LogP contribution < -0.4 is 0 Å². The lowest BCUT2D eigenvalue weighted by atomic mass is 10.0. The van der Waals surface area contributed by atoms with Crippen LogP contribution in [0.2, 0.25) is 0 Å². The van der Waals surface area contributed by atoms with Crippen LogP contribution in [-0.2, 0) is 4.79 Å². The fraction of sp³-hybridized carbons (Fsp3) is 0.889. The van der Waals surface area contributed by atoms with E-state index in [1.54, 1.807) is 0 Å². The van der Waals surface area contributed by atoms with E-state index >= 15 is 0 Å². The maximum absolute atomic E-state index is 10.4. The number of hydrogen-bond acceptors (Lipinski definition) is 1. The fourth-order valence-electron chi connectivity index (χ4n) is 3.94. The molecule has 1 N–H and O–H groups in total. The molecule has 2 heteroatoms. The van der Waals surface area contributed by atoms with Crippen LogP contribution in [0, 0.1) is 0 Å². The van der Waals surface area contributed by atoms with E-state index in [0.29, 0.717) is 6.42 Å². The summed E-state index contributed by atoms with van der Waals surface area (Å²) in [5.41, 5.74) is 0. The van der Waals surface area contributed by atoms with Crippen molar-refractivity contribution in [1.29, 1.82) is 0 Å². The number of allylic oxidation sites excluding steroid dienone is 2. The van der Waals surface area contributed by atoms with Crippen molar-refractivity contribution in [1.82, 2.24) is 0 Å². The Morgan fingerprint density at radius 1 is 0.517 bits per heavy atom. The van der Waals surface area contributed by atoms with E-state index in [0.717, 1.165) is 12.8 Å². The first-order valence-corrected chi connectivity index (χ1v) is 13.1. The van der Waals surface area contributed by atoms with Crippen LogP contribution in [0.15, 0.2) is 12.2 Å². The molecular formula is C27H52O2. The molecule has 0 unspecified atom stereocenters. The minimum Gasteiger partial charge on any atom is -0.481 e. The first-order chi connectivity index (χ1) is 14.3. The van der Waals surface area contributed by atoms with Gasteiger partial charge in [0.15, 0.2) is 0 Å². The van der Waals surface area contributed by atoms with Gasteiger partial charge in [-0.15, -0.1) is 0 Å². The van der Waals surface area contributed by atoms with E-state index in [1.807, 2.05) is 0 Å². The molecule has 0 aliphatic heterocycles. The van der Waals surface area contributed by atoms with Crippen molar-refractivity contribution in [2.24, 2.45) is 0 Å². The topological polar surface area (TPSA) is 37.3 Å².